The molecule has 3 aromatic rings. The Bertz CT molecular complexity index is 624. The lowest BCUT2D eigenvalue weighted by molar-refractivity contribution is 0.405. The molecule has 2 heterocycles. The molecule has 0 unspecified atom stereocenters. The molecule has 0 radical (unpaired) electrons. The molecule has 0 fully saturated rings. The fraction of sp³-hybridized carbons (Fsp3) is 0.125. The van der Waals surface area contributed by atoms with E-state index in [0.29, 0.717) is 0 Å². The minimum Gasteiger partial charge on any atom is -0.496 e. The van der Waals surface area contributed by atoms with E-state index in [-0.39, 0.29) is 0 Å². The normalized spacial score (nSPS) is 10.5. The Hall–Kier alpha value is -2.62. The molecule has 0 aliphatic carbocycles. The van der Waals surface area contributed by atoms with E-state index in [2.05, 4.69) is 9.97 Å². The van der Waals surface area contributed by atoms with Crippen LogP contribution in [0.4, 0.5) is 0 Å². The van der Waals surface area contributed by atoms with Crippen molar-refractivity contribution in [3.05, 3.63) is 48.8 Å². The smallest absolute Gasteiger partial charge is 0.129 e. The summed E-state index contributed by atoms with van der Waals surface area (Å²) in [5, 5.41) is 0. The number of nitrogens with one attached hydrogen (secondary N) is 2. The highest BCUT2D eigenvalue weighted by Crippen LogP contribution is 2.39. The fourth-order valence-corrected chi connectivity index (χ4v) is 2.31. The van der Waals surface area contributed by atoms with Gasteiger partial charge in [0.25, 0.3) is 0 Å². The predicted octanol–water partition coefficient (Wildman–Crippen LogP) is 3.69. The van der Waals surface area contributed by atoms with E-state index in [9.17, 15) is 0 Å². The fourth-order valence-electron chi connectivity index (χ4n) is 2.31. The summed E-state index contributed by atoms with van der Waals surface area (Å²) in [5.74, 6) is 1.61. The summed E-state index contributed by atoms with van der Waals surface area (Å²) in [6.07, 6.45) is 3.78. The number of benzene rings is 1. The SMILES string of the molecule is COc1cc(-c2ccc[nH]2)c(OC)cc1-c1ccc[nH]1. The van der Waals surface area contributed by atoms with E-state index in [1.54, 1.807) is 14.2 Å². The van der Waals surface area contributed by atoms with E-state index in [1.807, 2.05) is 48.8 Å². The van der Waals surface area contributed by atoms with Gasteiger partial charge in [-0.3, -0.25) is 0 Å². The molecule has 4 nitrogen and oxygen atoms in total. The van der Waals surface area contributed by atoms with Crippen LogP contribution in [0.15, 0.2) is 48.8 Å². The van der Waals surface area contributed by atoms with E-state index < -0.39 is 0 Å². The second kappa shape index (κ2) is 5.17. The van der Waals surface area contributed by atoms with Gasteiger partial charge < -0.3 is 19.4 Å². The summed E-state index contributed by atoms with van der Waals surface area (Å²) in [6.45, 7) is 0. The predicted molar refractivity (Wildman–Crippen MR) is 79.1 cm³/mol. The molecule has 20 heavy (non-hydrogen) atoms. The number of rotatable bonds is 4. The maximum Gasteiger partial charge on any atom is 0.129 e. The third kappa shape index (κ3) is 2.05. The zero-order valence-electron chi connectivity index (χ0n) is 11.4. The highest BCUT2D eigenvalue weighted by atomic mass is 16.5. The Morgan fingerprint density at radius 2 is 1.20 bits per heavy atom. The lowest BCUT2D eigenvalue weighted by Gasteiger charge is -2.13. The van der Waals surface area contributed by atoms with E-state index in [1.165, 1.54) is 0 Å². The van der Waals surface area contributed by atoms with Crippen LogP contribution in [0.1, 0.15) is 0 Å². The lowest BCUT2D eigenvalue weighted by Crippen LogP contribution is -1.94. The highest BCUT2D eigenvalue weighted by molar-refractivity contribution is 5.78. The molecular formula is C16H16N2O2. The molecule has 0 aliphatic heterocycles. The van der Waals surface area contributed by atoms with E-state index in [4.69, 9.17) is 9.47 Å². The van der Waals surface area contributed by atoms with Crippen molar-refractivity contribution in [2.45, 2.75) is 0 Å². The third-order valence-corrected chi connectivity index (χ3v) is 3.30. The second-order valence-corrected chi connectivity index (χ2v) is 4.42. The highest BCUT2D eigenvalue weighted by Gasteiger charge is 2.14. The average Bonchev–Trinajstić information content (AvgIpc) is 3.18. The van der Waals surface area contributed by atoms with E-state index in [0.717, 1.165) is 34.0 Å². The molecule has 3 rings (SSSR count). The van der Waals surface area contributed by atoms with Crippen LogP contribution in [0, 0.1) is 0 Å². The summed E-state index contributed by atoms with van der Waals surface area (Å²) >= 11 is 0. The quantitative estimate of drug-likeness (QED) is 0.758. The molecule has 0 aliphatic rings. The van der Waals surface area contributed by atoms with Gasteiger partial charge in [-0.15, -0.1) is 0 Å². The molecule has 102 valence electrons. The minimum atomic E-state index is 0.804. The molecule has 0 spiro atoms. The number of hydrogen-bond donors (Lipinski definition) is 2. The molecule has 0 saturated carbocycles. The molecule has 0 saturated heterocycles. The van der Waals surface area contributed by atoms with Gasteiger partial charge in [0.2, 0.25) is 0 Å². The summed E-state index contributed by atoms with van der Waals surface area (Å²) < 4.78 is 11.0. The first-order valence-electron chi connectivity index (χ1n) is 6.37. The van der Waals surface area contributed by atoms with Crippen molar-refractivity contribution >= 4 is 0 Å². The Morgan fingerprint density at radius 3 is 1.50 bits per heavy atom. The van der Waals surface area contributed by atoms with Gasteiger partial charge in [0, 0.05) is 34.9 Å². The molecule has 1 aromatic carbocycles. The average molecular weight is 268 g/mol. The molecule has 4 heteroatoms. The third-order valence-electron chi connectivity index (χ3n) is 3.30. The molecule has 0 bridgehead atoms. The van der Waals surface area contributed by atoms with Gasteiger partial charge in [0.05, 0.1) is 14.2 Å². The van der Waals surface area contributed by atoms with Crippen LogP contribution in [0.3, 0.4) is 0 Å². The number of aromatic amines is 2. The topological polar surface area (TPSA) is 50.0 Å². The minimum absolute atomic E-state index is 0.804. The first-order valence-corrected chi connectivity index (χ1v) is 6.37. The van der Waals surface area contributed by atoms with Gasteiger partial charge in [-0.2, -0.15) is 0 Å². The van der Waals surface area contributed by atoms with Gasteiger partial charge in [0.1, 0.15) is 11.5 Å². The number of ether oxygens (including phenoxy) is 2. The van der Waals surface area contributed by atoms with Crippen molar-refractivity contribution in [2.24, 2.45) is 0 Å². The van der Waals surface area contributed by atoms with Crippen LogP contribution < -0.4 is 9.47 Å². The van der Waals surface area contributed by atoms with Gasteiger partial charge in [0.15, 0.2) is 0 Å². The Kier molecular flexibility index (Phi) is 3.21. The van der Waals surface area contributed by atoms with Crippen LogP contribution in [-0.4, -0.2) is 24.2 Å². The summed E-state index contributed by atoms with van der Waals surface area (Å²) in [7, 11) is 3.35. The summed E-state index contributed by atoms with van der Waals surface area (Å²) in [6, 6.07) is 11.9. The maximum absolute atomic E-state index is 5.52. The Balaban J connectivity index is 2.19. The summed E-state index contributed by atoms with van der Waals surface area (Å²) in [5.41, 5.74) is 3.95. The molecule has 0 amide bonds. The number of methoxy groups -OCH3 is 2. The molecule has 0 atom stereocenters. The number of hydrogen-bond acceptors (Lipinski definition) is 2. The van der Waals surface area contributed by atoms with E-state index >= 15 is 0 Å². The van der Waals surface area contributed by atoms with Gasteiger partial charge >= 0.3 is 0 Å². The van der Waals surface area contributed by atoms with Crippen LogP contribution in [-0.2, 0) is 0 Å². The zero-order chi connectivity index (χ0) is 13.9. The first kappa shape index (κ1) is 12.4. The first-order chi connectivity index (χ1) is 9.83. The second-order valence-electron chi connectivity index (χ2n) is 4.42. The van der Waals surface area contributed by atoms with Crippen molar-refractivity contribution in [2.75, 3.05) is 14.2 Å². The van der Waals surface area contributed by atoms with Gasteiger partial charge in [-0.25, -0.2) is 0 Å². The van der Waals surface area contributed by atoms with Crippen LogP contribution >= 0.6 is 0 Å². The standard InChI is InChI=1S/C16H16N2O2/c1-19-15-9-12(14-6-4-8-18-14)16(20-2)10-11(15)13-5-3-7-17-13/h3-10,17-18H,1-2H3. The van der Waals surface area contributed by atoms with Crippen molar-refractivity contribution in [3.8, 4) is 34.0 Å². The van der Waals surface area contributed by atoms with Crippen molar-refractivity contribution < 1.29 is 9.47 Å². The Labute approximate surface area is 117 Å². The number of H-pyrrole nitrogens is 2. The van der Waals surface area contributed by atoms with Gasteiger partial charge in [-0.05, 0) is 36.4 Å². The van der Waals surface area contributed by atoms with Gasteiger partial charge in [-0.1, -0.05) is 0 Å². The van der Waals surface area contributed by atoms with Crippen molar-refractivity contribution in [1.82, 2.24) is 9.97 Å². The maximum atomic E-state index is 5.52. The Morgan fingerprint density at radius 1 is 0.750 bits per heavy atom. The lowest BCUT2D eigenvalue weighted by atomic mass is 10.0. The largest absolute Gasteiger partial charge is 0.496 e. The molecular weight excluding hydrogens is 252 g/mol. The van der Waals surface area contributed by atoms with Crippen molar-refractivity contribution in [1.29, 1.82) is 0 Å². The molecule has 2 N–H and O–H groups in total. The van der Waals surface area contributed by atoms with Crippen LogP contribution in [0.25, 0.3) is 22.5 Å². The monoisotopic (exact) mass is 268 g/mol. The van der Waals surface area contributed by atoms with Crippen molar-refractivity contribution in [3.63, 3.8) is 0 Å². The zero-order valence-corrected chi connectivity index (χ0v) is 11.4. The van der Waals surface area contributed by atoms with Crippen LogP contribution in [0.5, 0.6) is 11.5 Å². The van der Waals surface area contributed by atoms with Crippen LogP contribution in [0.2, 0.25) is 0 Å². The molecule has 2 aromatic heterocycles. The summed E-state index contributed by atoms with van der Waals surface area (Å²) in [4.78, 5) is 6.38. The number of aromatic nitrogens is 2.